The van der Waals surface area contributed by atoms with Crippen molar-refractivity contribution < 1.29 is 22.7 Å². The Bertz CT molecular complexity index is 1310. The van der Waals surface area contributed by atoms with Crippen LogP contribution in [0.25, 0.3) is 11.3 Å². The van der Waals surface area contributed by atoms with Gasteiger partial charge in [0, 0.05) is 11.6 Å². The van der Waals surface area contributed by atoms with E-state index in [4.69, 9.17) is 9.47 Å². The first-order valence-corrected chi connectivity index (χ1v) is 14.5. The fraction of sp³-hybridized carbons (Fsp3) is 0.429. The van der Waals surface area contributed by atoms with Crippen LogP contribution in [0.3, 0.4) is 0 Å². The summed E-state index contributed by atoms with van der Waals surface area (Å²) in [5.74, 6) is 2.42. The summed E-state index contributed by atoms with van der Waals surface area (Å²) in [6.45, 7) is 8.87. The maximum Gasteiger partial charge on any atom is 0.263 e. The van der Waals surface area contributed by atoms with Crippen molar-refractivity contribution in [1.82, 2.24) is 9.78 Å². The minimum atomic E-state index is -3.13. The molecule has 0 spiro atoms. The zero-order valence-electron chi connectivity index (χ0n) is 21.8. The minimum Gasteiger partial charge on any atom is -0.493 e. The number of rotatable bonds is 10. The normalized spacial score (nSPS) is 16.8. The number of nitrogens with zero attached hydrogens (tertiary/aromatic N) is 2. The highest BCUT2D eigenvalue weighted by Crippen LogP contribution is 2.31. The highest BCUT2D eigenvalue weighted by atomic mass is 32.2. The van der Waals surface area contributed by atoms with Gasteiger partial charge in [-0.05, 0) is 60.2 Å². The van der Waals surface area contributed by atoms with Gasteiger partial charge in [-0.15, -0.1) is 0 Å². The maximum atomic E-state index is 12.8. The summed E-state index contributed by atoms with van der Waals surface area (Å²) in [5.41, 5.74) is 2.67. The molecule has 1 atom stereocenters. The lowest BCUT2D eigenvalue weighted by Gasteiger charge is -2.14. The van der Waals surface area contributed by atoms with Crippen molar-refractivity contribution >= 4 is 21.6 Å². The van der Waals surface area contributed by atoms with E-state index in [1.165, 1.54) is 5.56 Å². The third-order valence-electron chi connectivity index (χ3n) is 6.21. The van der Waals surface area contributed by atoms with Crippen LogP contribution in [0, 0.1) is 5.92 Å². The van der Waals surface area contributed by atoms with Gasteiger partial charge >= 0.3 is 0 Å². The van der Waals surface area contributed by atoms with Crippen LogP contribution in [-0.2, 0) is 14.6 Å². The topological polar surface area (TPSA) is 99.5 Å². The molecule has 1 fully saturated rings. The molecule has 1 aromatic heterocycles. The summed E-state index contributed by atoms with van der Waals surface area (Å²) in [4.78, 5) is 12.8. The first-order valence-electron chi connectivity index (χ1n) is 12.7. The fourth-order valence-corrected chi connectivity index (χ4v) is 5.83. The molecule has 0 aliphatic carbocycles. The summed E-state index contributed by atoms with van der Waals surface area (Å²) in [6, 6.07) is 16.7. The second-order valence-corrected chi connectivity index (χ2v) is 12.4. The SMILES string of the molecule is CC(C)COc1ccc(-c2cc(NC(=O)COc3ccc(C(C)C)cc3)n([C@@H]3CCS(=O)(=O)C3)n2)cc1. The van der Waals surface area contributed by atoms with Crippen LogP contribution in [0.15, 0.2) is 54.6 Å². The van der Waals surface area contributed by atoms with Crippen LogP contribution < -0.4 is 14.8 Å². The molecule has 1 saturated heterocycles. The fourth-order valence-electron chi connectivity index (χ4n) is 4.14. The summed E-state index contributed by atoms with van der Waals surface area (Å²) in [7, 11) is -3.13. The molecular weight excluding hydrogens is 490 g/mol. The highest BCUT2D eigenvalue weighted by Gasteiger charge is 2.32. The van der Waals surface area contributed by atoms with Crippen LogP contribution in [0.5, 0.6) is 11.5 Å². The first-order chi connectivity index (χ1) is 17.6. The van der Waals surface area contributed by atoms with E-state index in [2.05, 4.69) is 38.1 Å². The largest absolute Gasteiger partial charge is 0.493 e. The molecule has 8 nitrogen and oxygen atoms in total. The number of hydrogen-bond acceptors (Lipinski definition) is 6. The summed E-state index contributed by atoms with van der Waals surface area (Å²) < 4.78 is 37.3. The van der Waals surface area contributed by atoms with Gasteiger partial charge in [0.15, 0.2) is 16.4 Å². The van der Waals surface area contributed by atoms with E-state index >= 15 is 0 Å². The third-order valence-corrected chi connectivity index (χ3v) is 7.96. The second-order valence-electron chi connectivity index (χ2n) is 10.2. The number of carbonyl (C=O) groups excluding carboxylic acids is 1. The number of ether oxygens (including phenoxy) is 2. The lowest BCUT2D eigenvalue weighted by molar-refractivity contribution is -0.118. The van der Waals surface area contributed by atoms with Crippen LogP contribution in [0.4, 0.5) is 5.82 Å². The van der Waals surface area contributed by atoms with Crippen molar-refractivity contribution in [2.75, 3.05) is 30.0 Å². The van der Waals surface area contributed by atoms with Gasteiger partial charge < -0.3 is 14.8 Å². The number of carbonyl (C=O) groups is 1. The Morgan fingerprint density at radius 1 is 1.03 bits per heavy atom. The molecule has 1 aliphatic heterocycles. The number of anilines is 1. The van der Waals surface area contributed by atoms with Crippen molar-refractivity contribution in [1.29, 1.82) is 0 Å². The average Bonchev–Trinajstić information content (AvgIpc) is 3.44. The molecule has 0 saturated carbocycles. The van der Waals surface area contributed by atoms with E-state index in [0.717, 1.165) is 11.3 Å². The quantitative estimate of drug-likeness (QED) is 0.396. The smallest absolute Gasteiger partial charge is 0.263 e. The van der Waals surface area contributed by atoms with Crippen LogP contribution in [-0.4, -0.2) is 48.8 Å². The van der Waals surface area contributed by atoms with Crippen molar-refractivity contribution in [3.63, 3.8) is 0 Å². The van der Waals surface area contributed by atoms with Gasteiger partial charge in [-0.2, -0.15) is 5.10 Å². The number of hydrogen-bond donors (Lipinski definition) is 1. The second kappa shape index (κ2) is 11.4. The standard InChI is InChI=1S/C28H35N3O5S/c1-19(2)16-35-24-11-7-22(8-12-24)26-15-27(31(30-26)23-13-14-37(33,34)18-23)29-28(32)17-36-25-9-5-21(6-10-25)20(3)4/h5-12,15,19-20,23H,13-14,16-18H2,1-4H3,(H,29,32)/t23-/m1/s1. The van der Waals surface area contributed by atoms with E-state index in [1.54, 1.807) is 10.7 Å². The summed E-state index contributed by atoms with van der Waals surface area (Å²) in [5, 5.41) is 7.55. The predicted octanol–water partition coefficient (Wildman–Crippen LogP) is 5.09. The zero-order valence-corrected chi connectivity index (χ0v) is 22.6. The number of amides is 1. The summed E-state index contributed by atoms with van der Waals surface area (Å²) >= 11 is 0. The Morgan fingerprint density at radius 2 is 1.68 bits per heavy atom. The third kappa shape index (κ3) is 7.13. The Kier molecular flexibility index (Phi) is 8.22. The molecular formula is C28H35N3O5S. The number of nitrogens with one attached hydrogen (secondary N) is 1. The van der Waals surface area contributed by atoms with Crippen LogP contribution in [0.2, 0.25) is 0 Å². The van der Waals surface area contributed by atoms with Crippen molar-refractivity contribution in [3.05, 3.63) is 60.2 Å². The van der Waals surface area contributed by atoms with Gasteiger partial charge in [-0.3, -0.25) is 4.79 Å². The summed E-state index contributed by atoms with van der Waals surface area (Å²) in [6.07, 6.45) is 0.451. The number of aromatic nitrogens is 2. The van der Waals surface area contributed by atoms with Crippen LogP contribution in [0.1, 0.15) is 51.6 Å². The first kappa shape index (κ1) is 26.7. The minimum absolute atomic E-state index is 0.00231. The van der Waals surface area contributed by atoms with E-state index in [0.29, 0.717) is 42.1 Å². The maximum absolute atomic E-state index is 12.8. The van der Waals surface area contributed by atoms with E-state index in [9.17, 15) is 13.2 Å². The molecule has 4 rings (SSSR count). The Labute approximate surface area is 218 Å². The average molecular weight is 526 g/mol. The molecule has 0 unspecified atom stereocenters. The molecule has 37 heavy (non-hydrogen) atoms. The van der Waals surface area contributed by atoms with E-state index < -0.39 is 9.84 Å². The van der Waals surface area contributed by atoms with Gasteiger partial charge in [0.2, 0.25) is 0 Å². The molecule has 0 radical (unpaired) electrons. The van der Waals surface area contributed by atoms with Gasteiger partial charge in [-0.25, -0.2) is 13.1 Å². The molecule has 3 aromatic rings. The lowest BCUT2D eigenvalue weighted by Crippen LogP contribution is -2.23. The molecule has 1 amide bonds. The van der Waals surface area contributed by atoms with Crippen molar-refractivity contribution in [3.8, 4) is 22.8 Å². The Hall–Kier alpha value is -3.33. The number of benzene rings is 2. The molecule has 1 N–H and O–H groups in total. The van der Waals surface area contributed by atoms with Crippen molar-refractivity contribution in [2.45, 2.75) is 46.1 Å². The number of sulfone groups is 1. The molecule has 2 aromatic carbocycles. The van der Waals surface area contributed by atoms with E-state index in [-0.39, 0.29) is 30.1 Å². The van der Waals surface area contributed by atoms with Gasteiger partial charge in [-0.1, -0.05) is 39.8 Å². The van der Waals surface area contributed by atoms with Crippen molar-refractivity contribution in [2.24, 2.45) is 5.92 Å². The monoisotopic (exact) mass is 525 g/mol. The molecule has 0 bridgehead atoms. The zero-order chi connectivity index (χ0) is 26.6. The predicted molar refractivity (Wildman–Crippen MR) is 145 cm³/mol. The Balaban J connectivity index is 1.49. The highest BCUT2D eigenvalue weighted by molar-refractivity contribution is 7.91. The molecule has 2 heterocycles. The van der Waals surface area contributed by atoms with Gasteiger partial charge in [0.1, 0.15) is 17.3 Å². The van der Waals surface area contributed by atoms with Crippen LogP contribution >= 0.6 is 0 Å². The lowest BCUT2D eigenvalue weighted by atomic mass is 10.0. The molecule has 198 valence electrons. The van der Waals surface area contributed by atoms with Gasteiger partial charge in [0.25, 0.3) is 5.91 Å². The Morgan fingerprint density at radius 3 is 2.27 bits per heavy atom. The molecule has 9 heteroatoms. The van der Waals surface area contributed by atoms with E-state index in [1.807, 2.05) is 48.5 Å². The van der Waals surface area contributed by atoms with Gasteiger partial charge in [0.05, 0.1) is 29.8 Å². The molecule has 1 aliphatic rings.